The van der Waals surface area contributed by atoms with Gasteiger partial charge in [-0.05, 0) is 56.5 Å². The highest BCUT2D eigenvalue weighted by molar-refractivity contribution is 5.92. The zero-order chi connectivity index (χ0) is 15.5. The van der Waals surface area contributed by atoms with Crippen molar-refractivity contribution in [2.45, 2.75) is 32.7 Å². The number of benzene rings is 1. The molecule has 0 radical (unpaired) electrons. The van der Waals surface area contributed by atoms with E-state index in [4.69, 9.17) is 0 Å². The van der Waals surface area contributed by atoms with E-state index < -0.39 is 0 Å². The lowest BCUT2D eigenvalue weighted by atomic mass is 10.2. The Bertz CT molecular complexity index is 662. The molecule has 0 spiro atoms. The van der Waals surface area contributed by atoms with Gasteiger partial charge in [0.1, 0.15) is 5.69 Å². The minimum absolute atomic E-state index is 0.0762. The van der Waals surface area contributed by atoms with Gasteiger partial charge in [-0.2, -0.15) is 0 Å². The number of rotatable bonds is 5. The van der Waals surface area contributed by atoms with Gasteiger partial charge in [0.15, 0.2) is 0 Å². The molecule has 114 valence electrons. The van der Waals surface area contributed by atoms with Crippen molar-refractivity contribution in [3.8, 4) is 0 Å². The van der Waals surface area contributed by atoms with Crippen LogP contribution >= 0.6 is 0 Å². The van der Waals surface area contributed by atoms with E-state index in [1.54, 1.807) is 12.3 Å². The van der Waals surface area contributed by atoms with Gasteiger partial charge in [-0.1, -0.05) is 12.1 Å². The van der Waals surface area contributed by atoms with Crippen molar-refractivity contribution >= 4 is 17.3 Å². The summed E-state index contributed by atoms with van der Waals surface area (Å²) in [4.78, 5) is 18.5. The molecule has 1 saturated carbocycles. The molecule has 0 saturated heterocycles. The molecule has 1 fully saturated rings. The largest absolute Gasteiger partial charge is 0.348 e. The number of hydrogen-bond acceptors (Lipinski definition) is 3. The first-order valence-electron chi connectivity index (χ1n) is 7.78. The number of carbonyl (C=O) groups excluding carboxylic acids is 1. The summed E-state index contributed by atoms with van der Waals surface area (Å²) in [5.41, 5.74) is 3.84. The van der Waals surface area contributed by atoms with E-state index in [0.29, 0.717) is 11.7 Å². The summed E-state index contributed by atoms with van der Waals surface area (Å²) in [6.07, 6.45) is 3.94. The van der Waals surface area contributed by atoms with Crippen LogP contribution in [0.4, 0.5) is 11.4 Å². The highest BCUT2D eigenvalue weighted by atomic mass is 16.2. The Morgan fingerprint density at radius 2 is 2.09 bits per heavy atom. The van der Waals surface area contributed by atoms with Crippen LogP contribution < -0.4 is 10.2 Å². The molecule has 22 heavy (non-hydrogen) atoms. The van der Waals surface area contributed by atoms with Crippen LogP contribution in [0.3, 0.4) is 0 Å². The van der Waals surface area contributed by atoms with Crippen molar-refractivity contribution in [3.63, 3.8) is 0 Å². The molecule has 1 amide bonds. The summed E-state index contributed by atoms with van der Waals surface area (Å²) in [6, 6.07) is 12.5. The van der Waals surface area contributed by atoms with Crippen molar-refractivity contribution < 1.29 is 4.79 Å². The number of carbonyl (C=O) groups is 1. The Kier molecular flexibility index (Phi) is 4.09. The van der Waals surface area contributed by atoms with Crippen LogP contribution in [0.15, 0.2) is 42.6 Å². The van der Waals surface area contributed by atoms with Gasteiger partial charge in [-0.3, -0.25) is 4.79 Å². The van der Waals surface area contributed by atoms with E-state index >= 15 is 0 Å². The van der Waals surface area contributed by atoms with E-state index in [2.05, 4.69) is 53.3 Å². The smallest absolute Gasteiger partial charge is 0.270 e. The third-order valence-electron chi connectivity index (χ3n) is 3.83. The number of nitrogens with one attached hydrogen (secondary N) is 1. The Balaban J connectivity index is 1.79. The second kappa shape index (κ2) is 6.18. The first kappa shape index (κ1) is 14.6. The summed E-state index contributed by atoms with van der Waals surface area (Å²) >= 11 is 0. The molecular weight excluding hydrogens is 274 g/mol. The van der Waals surface area contributed by atoms with E-state index in [0.717, 1.165) is 30.8 Å². The molecule has 0 aliphatic heterocycles. The summed E-state index contributed by atoms with van der Waals surface area (Å²) in [7, 11) is 0. The second-order valence-corrected chi connectivity index (χ2v) is 5.73. The molecule has 1 aromatic carbocycles. The zero-order valence-electron chi connectivity index (χ0n) is 13.0. The van der Waals surface area contributed by atoms with Gasteiger partial charge in [0, 0.05) is 18.3 Å². The third kappa shape index (κ3) is 3.27. The van der Waals surface area contributed by atoms with E-state index in [1.165, 1.54) is 5.56 Å². The maximum Gasteiger partial charge on any atom is 0.270 e. The maximum absolute atomic E-state index is 12.0. The van der Waals surface area contributed by atoms with Crippen molar-refractivity contribution in [2.24, 2.45) is 0 Å². The molecule has 1 heterocycles. The predicted molar refractivity (Wildman–Crippen MR) is 88.6 cm³/mol. The van der Waals surface area contributed by atoms with Gasteiger partial charge in [-0.25, -0.2) is 4.98 Å². The number of pyridine rings is 1. The van der Waals surface area contributed by atoms with Crippen LogP contribution in [-0.4, -0.2) is 23.5 Å². The van der Waals surface area contributed by atoms with Gasteiger partial charge < -0.3 is 10.2 Å². The number of aromatic nitrogens is 1. The molecule has 2 aromatic rings. The van der Waals surface area contributed by atoms with Gasteiger partial charge >= 0.3 is 0 Å². The predicted octanol–water partition coefficient (Wildman–Crippen LogP) is 3.44. The standard InChI is InChI=1S/C18H21N3O/c1-3-21(15-6-4-5-13(2)11-15)16-9-10-17(19-12-16)18(22)20-14-7-8-14/h4-6,9-12,14H,3,7-8H2,1-2H3,(H,20,22). The molecule has 0 unspecified atom stereocenters. The highest BCUT2D eigenvalue weighted by Gasteiger charge is 2.24. The van der Waals surface area contributed by atoms with Crippen molar-refractivity contribution in [1.82, 2.24) is 10.3 Å². The Labute approximate surface area is 131 Å². The first-order chi connectivity index (χ1) is 10.7. The van der Waals surface area contributed by atoms with Crippen LogP contribution in [0.1, 0.15) is 35.8 Å². The summed E-state index contributed by atoms with van der Waals surface area (Å²) in [5, 5.41) is 2.96. The Morgan fingerprint density at radius 3 is 2.68 bits per heavy atom. The molecule has 1 aliphatic rings. The van der Waals surface area contributed by atoms with Crippen molar-refractivity contribution in [1.29, 1.82) is 0 Å². The third-order valence-corrected chi connectivity index (χ3v) is 3.83. The first-order valence-corrected chi connectivity index (χ1v) is 7.78. The minimum atomic E-state index is -0.0762. The lowest BCUT2D eigenvalue weighted by Crippen LogP contribution is -2.26. The number of aryl methyl sites for hydroxylation is 1. The second-order valence-electron chi connectivity index (χ2n) is 5.73. The molecule has 4 nitrogen and oxygen atoms in total. The molecular formula is C18H21N3O. The summed E-state index contributed by atoms with van der Waals surface area (Å²) < 4.78 is 0. The average Bonchev–Trinajstić information content (AvgIpc) is 3.33. The minimum Gasteiger partial charge on any atom is -0.348 e. The van der Waals surface area contributed by atoms with Gasteiger partial charge in [-0.15, -0.1) is 0 Å². The van der Waals surface area contributed by atoms with E-state index in [-0.39, 0.29) is 5.91 Å². The fourth-order valence-electron chi connectivity index (χ4n) is 2.48. The lowest BCUT2D eigenvalue weighted by molar-refractivity contribution is 0.0946. The average molecular weight is 295 g/mol. The molecule has 1 aromatic heterocycles. The van der Waals surface area contributed by atoms with Gasteiger partial charge in [0.25, 0.3) is 5.91 Å². The number of amides is 1. The summed E-state index contributed by atoms with van der Waals surface area (Å²) in [6.45, 7) is 5.04. The molecule has 1 aliphatic carbocycles. The topological polar surface area (TPSA) is 45.2 Å². The van der Waals surface area contributed by atoms with Crippen LogP contribution in [0.5, 0.6) is 0 Å². The fraction of sp³-hybridized carbons (Fsp3) is 0.333. The monoisotopic (exact) mass is 295 g/mol. The van der Waals surface area contributed by atoms with Crippen molar-refractivity contribution in [3.05, 3.63) is 53.9 Å². The highest BCUT2D eigenvalue weighted by Crippen LogP contribution is 2.25. The van der Waals surface area contributed by atoms with Crippen LogP contribution in [0.25, 0.3) is 0 Å². The molecule has 4 heteroatoms. The fourth-order valence-corrected chi connectivity index (χ4v) is 2.48. The Hall–Kier alpha value is -2.36. The van der Waals surface area contributed by atoms with Crippen LogP contribution in [0.2, 0.25) is 0 Å². The SMILES string of the molecule is CCN(c1ccc(C(=O)NC2CC2)nc1)c1cccc(C)c1. The maximum atomic E-state index is 12.0. The molecule has 3 rings (SSSR count). The summed E-state index contributed by atoms with van der Waals surface area (Å²) in [5.74, 6) is -0.0762. The normalized spacial score (nSPS) is 13.7. The van der Waals surface area contributed by atoms with Crippen molar-refractivity contribution in [2.75, 3.05) is 11.4 Å². The molecule has 0 atom stereocenters. The molecule has 0 bridgehead atoms. The molecule has 1 N–H and O–H groups in total. The van der Waals surface area contributed by atoms with E-state index in [9.17, 15) is 4.79 Å². The van der Waals surface area contributed by atoms with Gasteiger partial charge in [0.05, 0.1) is 11.9 Å². The number of hydrogen-bond donors (Lipinski definition) is 1. The number of nitrogens with zero attached hydrogens (tertiary/aromatic N) is 2. The Morgan fingerprint density at radius 1 is 1.27 bits per heavy atom. The lowest BCUT2D eigenvalue weighted by Gasteiger charge is -2.23. The zero-order valence-corrected chi connectivity index (χ0v) is 13.0. The number of anilines is 2. The van der Waals surface area contributed by atoms with E-state index in [1.807, 2.05) is 6.07 Å². The van der Waals surface area contributed by atoms with Crippen LogP contribution in [-0.2, 0) is 0 Å². The van der Waals surface area contributed by atoms with Gasteiger partial charge in [0.2, 0.25) is 0 Å². The quantitative estimate of drug-likeness (QED) is 0.919. The van der Waals surface area contributed by atoms with Crippen LogP contribution in [0, 0.1) is 6.92 Å².